The van der Waals surface area contributed by atoms with E-state index in [1.807, 2.05) is 17.7 Å². The van der Waals surface area contributed by atoms with Gasteiger partial charge in [-0.3, -0.25) is 9.56 Å². The van der Waals surface area contributed by atoms with E-state index in [1.165, 1.54) is 4.91 Å². The topological polar surface area (TPSA) is 30.2 Å². The summed E-state index contributed by atoms with van der Waals surface area (Å²) < 4.78 is 1.93. The van der Waals surface area contributed by atoms with Gasteiger partial charge in [-0.2, -0.15) is 0 Å². The van der Waals surface area contributed by atoms with Crippen LogP contribution >= 0.6 is 11.8 Å². The Labute approximate surface area is 75.2 Å². The van der Waals surface area contributed by atoms with Crippen LogP contribution in [0.4, 0.5) is 0 Å². The first-order valence-corrected chi connectivity index (χ1v) is 4.57. The van der Waals surface area contributed by atoms with Crippen LogP contribution in [-0.4, -0.2) is 21.3 Å². The molecule has 0 N–H and O–H groups in total. The Kier molecular flexibility index (Phi) is 1.99. The Morgan fingerprint density at radius 1 is 1.67 bits per heavy atom. The third kappa shape index (κ3) is 1.30. The Balaban J connectivity index is 2.19. The van der Waals surface area contributed by atoms with Crippen LogP contribution in [0.15, 0.2) is 34.7 Å². The van der Waals surface area contributed by atoms with Crippen LogP contribution in [-0.2, 0) is 0 Å². The van der Waals surface area contributed by atoms with Gasteiger partial charge in [-0.15, -0.1) is 0 Å². The molecule has 0 aromatic carbocycles. The lowest BCUT2D eigenvalue weighted by Gasteiger charge is -1.97. The van der Waals surface area contributed by atoms with Gasteiger partial charge >= 0.3 is 0 Å². The number of thioether (sulfide) groups is 1. The second-order valence-electron chi connectivity index (χ2n) is 2.43. The standard InChI is InChI=1S/C8H9N3S/c1-2-7-5-10-8(12-7)11-4-3-9-6-11/h2-4,6H,5H2,1H3/b7-2-. The molecule has 12 heavy (non-hydrogen) atoms. The summed E-state index contributed by atoms with van der Waals surface area (Å²) in [6.07, 6.45) is 7.53. The average Bonchev–Trinajstić information content (AvgIpc) is 2.75. The van der Waals surface area contributed by atoms with E-state index < -0.39 is 0 Å². The first-order chi connectivity index (χ1) is 5.90. The smallest absolute Gasteiger partial charge is 0.173 e. The molecule has 1 aliphatic rings. The van der Waals surface area contributed by atoms with Crippen molar-refractivity contribution in [1.82, 2.24) is 9.55 Å². The zero-order valence-corrected chi connectivity index (χ0v) is 7.58. The molecule has 3 nitrogen and oxygen atoms in total. The quantitative estimate of drug-likeness (QED) is 0.607. The van der Waals surface area contributed by atoms with E-state index in [1.54, 1.807) is 24.3 Å². The molecule has 0 aliphatic carbocycles. The fourth-order valence-corrected chi connectivity index (χ4v) is 1.81. The van der Waals surface area contributed by atoms with Gasteiger partial charge in [0.15, 0.2) is 5.17 Å². The Morgan fingerprint density at radius 3 is 3.17 bits per heavy atom. The maximum Gasteiger partial charge on any atom is 0.173 e. The average molecular weight is 179 g/mol. The van der Waals surface area contributed by atoms with E-state index in [0.717, 1.165) is 11.7 Å². The molecule has 0 unspecified atom stereocenters. The number of imidazole rings is 1. The number of hydrogen-bond donors (Lipinski definition) is 0. The van der Waals surface area contributed by atoms with Crippen LogP contribution in [0.2, 0.25) is 0 Å². The summed E-state index contributed by atoms with van der Waals surface area (Å²) in [4.78, 5) is 9.64. The maximum atomic E-state index is 4.36. The fourth-order valence-electron chi connectivity index (χ4n) is 0.984. The number of hydrogen-bond acceptors (Lipinski definition) is 3. The zero-order valence-electron chi connectivity index (χ0n) is 6.77. The van der Waals surface area contributed by atoms with Gasteiger partial charge in [0.1, 0.15) is 6.33 Å². The van der Waals surface area contributed by atoms with E-state index in [9.17, 15) is 0 Å². The minimum Gasteiger partial charge on any atom is -0.285 e. The van der Waals surface area contributed by atoms with Crippen LogP contribution in [0.1, 0.15) is 6.92 Å². The molecule has 0 radical (unpaired) electrons. The summed E-state index contributed by atoms with van der Waals surface area (Å²) in [6, 6.07) is 0. The van der Waals surface area contributed by atoms with Gasteiger partial charge in [0.25, 0.3) is 0 Å². The summed E-state index contributed by atoms with van der Waals surface area (Å²) in [5, 5.41) is 1.01. The predicted molar refractivity (Wildman–Crippen MR) is 51.3 cm³/mol. The van der Waals surface area contributed by atoms with Gasteiger partial charge in [0.05, 0.1) is 6.54 Å². The summed E-state index contributed by atoms with van der Waals surface area (Å²) in [5.74, 6) is 0. The minimum absolute atomic E-state index is 0.814. The molecular formula is C8H9N3S. The van der Waals surface area contributed by atoms with E-state index in [4.69, 9.17) is 0 Å². The Bertz CT molecular complexity index is 324. The minimum atomic E-state index is 0.814. The van der Waals surface area contributed by atoms with Crippen molar-refractivity contribution in [1.29, 1.82) is 0 Å². The lowest BCUT2D eigenvalue weighted by Crippen LogP contribution is -2.00. The molecule has 4 heteroatoms. The highest BCUT2D eigenvalue weighted by atomic mass is 32.2. The highest BCUT2D eigenvalue weighted by Crippen LogP contribution is 2.25. The highest BCUT2D eigenvalue weighted by molar-refractivity contribution is 8.17. The van der Waals surface area contributed by atoms with Gasteiger partial charge in [-0.25, -0.2) is 4.98 Å². The fraction of sp³-hybridized carbons (Fsp3) is 0.250. The molecule has 1 aromatic heterocycles. The van der Waals surface area contributed by atoms with Crippen LogP contribution < -0.4 is 0 Å². The lowest BCUT2D eigenvalue weighted by atomic mass is 10.5. The molecule has 0 bridgehead atoms. The first kappa shape index (κ1) is 7.61. The van der Waals surface area contributed by atoms with Gasteiger partial charge in [0.2, 0.25) is 0 Å². The van der Waals surface area contributed by atoms with Crippen molar-refractivity contribution >= 4 is 16.9 Å². The Morgan fingerprint density at radius 2 is 2.58 bits per heavy atom. The number of aromatic nitrogens is 2. The molecule has 0 atom stereocenters. The van der Waals surface area contributed by atoms with Crippen LogP contribution in [0, 0.1) is 0 Å². The molecule has 2 heterocycles. The third-order valence-electron chi connectivity index (χ3n) is 1.64. The lowest BCUT2D eigenvalue weighted by molar-refractivity contribution is 1.12. The Hall–Kier alpha value is -1.03. The molecule has 0 fully saturated rings. The predicted octanol–water partition coefficient (Wildman–Crippen LogP) is 1.74. The molecule has 1 aliphatic heterocycles. The van der Waals surface area contributed by atoms with Crippen LogP contribution in [0.25, 0.3) is 0 Å². The van der Waals surface area contributed by atoms with Crippen molar-refractivity contribution < 1.29 is 0 Å². The van der Waals surface area contributed by atoms with E-state index >= 15 is 0 Å². The molecule has 0 spiro atoms. The molecule has 0 saturated heterocycles. The normalized spacial score (nSPS) is 20.1. The summed E-state index contributed by atoms with van der Waals surface area (Å²) in [6.45, 7) is 2.85. The number of aliphatic imine (C=N–C) groups is 1. The highest BCUT2D eigenvalue weighted by Gasteiger charge is 2.12. The maximum absolute atomic E-state index is 4.36. The second-order valence-corrected chi connectivity index (χ2v) is 3.52. The van der Waals surface area contributed by atoms with Crippen molar-refractivity contribution in [2.75, 3.05) is 6.54 Å². The van der Waals surface area contributed by atoms with Crippen molar-refractivity contribution in [3.05, 3.63) is 29.7 Å². The summed E-state index contributed by atoms with van der Waals surface area (Å²) >= 11 is 1.70. The molecule has 0 amide bonds. The van der Waals surface area contributed by atoms with Crippen molar-refractivity contribution in [2.24, 2.45) is 4.99 Å². The number of nitrogens with zero attached hydrogens (tertiary/aromatic N) is 3. The van der Waals surface area contributed by atoms with Gasteiger partial charge in [-0.1, -0.05) is 17.8 Å². The van der Waals surface area contributed by atoms with Crippen LogP contribution in [0.5, 0.6) is 0 Å². The third-order valence-corrected chi connectivity index (χ3v) is 2.79. The van der Waals surface area contributed by atoms with Crippen molar-refractivity contribution in [3.63, 3.8) is 0 Å². The zero-order chi connectivity index (χ0) is 8.39. The van der Waals surface area contributed by atoms with E-state index in [-0.39, 0.29) is 0 Å². The SMILES string of the molecule is C/C=C1/CN=C(n2ccnc2)S1. The van der Waals surface area contributed by atoms with Crippen LogP contribution in [0.3, 0.4) is 0 Å². The van der Waals surface area contributed by atoms with Crippen molar-refractivity contribution in [2.45, 2.75) is 6.92 Å². The first-order valence-electron chi connectivity index (χ1n) is 3.76. The van der Waals surface area contributed by atoms with Gasteiger partial charge in [-0.05, 0) is 6.92 Å². The van der Waals surface area contributed by atoms with Gasteiger partial charge in [0, 0.05) is 17.3 Å². The van der Waals surface area contributed by atoms with Gasteiger partial charge < -0.3 is 0 Å². The monoisotopic (exact) mass is 179 g/mol. The molecule has 62 valence electrons. The molecule has 1 aromatic rings. The second kappa shape index (κ2) is 3.15. The van der Waals surface area contributed by atoms with E-state index in [0.29, 0.717) is 0 Å². The number of rotatable bonds is 0. The van der Waals surface area contributed by atoms with E-state index in [2.05, 4.69) is 16.1 Å². The summed E-state index contributed by atoms with van der Waals surface area (Å²) in [5.41, 5.74) is 0. The molecular weight excluding hydrogens is 170 g/mol. The molecule has 2 rings (SSSR count). The van der Waals surface area contributed by atoms with Crippen molar-refractivity contribution in [3.8, 4) is 0 Å². The number of allylic oxidation sites excluding steroid dienone is 1. The largest absolute Gasteiger partial charge is 0.285 e. The molecule has 0 saturated carbocycles. The summed E-state index contributed by atoms with van der Waals surface area (Å²) in [7, 11) is 0.